The third-order valence-electron chi connectivity index (χ3n) is 4.11. The van der Waals surface area contributed by atoms with Gasteiger partial charge in [-0.25, -0.2) is 0 Å². The SMILES string of the molecule is CCCCNc1cncc(C(=O)Nc2ccc(N(CC)CC)cc2)c1. The number of rotatable bonds is 9. The van der Waals surface area contributed by atoms with Crippen molar-refractivity contribution in [1.82, 2.24) is 4.98 Å². The van der Waals surface area contributed by atoms with Gasteiger partial charge >= 0.3 is 0 Å². The molecule has 0 fully saturated rings. The van der Waals surface area contributed by atoms with E-state index in [0.717, 1.165) is 49.5 Å². The first-order valence-corrected chi connectivity index (χ1v) is 9.03. The molecule has 2 rings (SSSR count). The largest absolute Gasteiger partial charge is 0.384 e. The smallest absolute Gasteiger partial charge is 0.257 e. The van der Waals surface area contributed by atoms with E-state index >= 15 is 0 Å². The first kappa shape index (κ1) is 18.8. The number of benzene rings is 1. The summed E-state index contributed by atoms with van der Waals surface area (Å²) in [4.78, 5) is 18.9. The van der Waals surface area contributed by atoms with Gasteiger partial charge in [-0.1, -0.05) is 13.3 Å². The van der Waals surface area contributed by atoms with Crippen LogP contribution in [0.15, 0.2) is 42.7 Å². The van der Waals surface area contributed by atoms with E-state index in [1.807, 2.05) is 30.3 Å². The molecular formula is C20H28N4O. The van der Waals surface area contributed by atoms with Crippen molar-refractivity contribution in [2.24, 2.45) is 0 Å². The van der Waals surface area contributed by atoms with Crippen LogP contribution in [-0.4, -0.2) is 30.5 Å². The highest BCUT2D eigenvalue weighted by Gasteiger charge is 2.08. The first-order valence-electron chi connectivity index (χ1n) is 9.03. The van der Waals surface area contributed by atoms with Gasteiger partial charge in [0.25, 0.3) is 5.91 Å². The molecule has 0 unspecified atom stereocenters. The highest BCUT2D eigenvalue weighted by atomic mass is 16.1. The molecule has 134 valence electrons. The fraction of sp³-hybridized carbons (Fsp3) is 0.400. The highest BCUT2D eigenvalue weighted by molar-refractivity contribution is 6.04. The van der Waals surface area contributed by atoms with Gasteiger partial charge in [-0.2, -0.15) is 0 Å². The predicted molar refractivity (Wildman–Crippen MR) is 106 cm³/mol. The van der Waals surface area contributed by atoms with Crippen LogP contribution in [0.25, 0.3) is 0 Å². The Morgan fingerprint density at radius 1 is 1.04 bits per heavy atom. The van der Waals surface area contributed by atoms with Crippen LogP contribution in [0.4, 0.5) is 17.1 Å². The van der Waals surface area contributed by atoms with E-state index in [1.54, 1.807) is 12.4 Å². The molecular weight excluding hydrogens is 312 g/mol. The van der Waals surface area contributed by atoms with E-state index < -0.39 is 0 Å². The molecule has 1 heterocycles. The summed E-state index contributed by atoms with van der Waals surface area (Å²) in [5, 5.41) is 6.22. The quantitative estimate of drug-likeness (QED) is 0.665. The minimum Gasteiger partial charge on any atom is -0.384 e. The average molecular weight is 340 g/mol. The first-order chi connectivity index (χ1) is 12.2. The molecule has 25 heavy (non-hydrogen) atoms. The normalized spacial score (nSPS) is 10.4. The minimum absolute atomic E-state index is 0.151. The van der Waals surface area contributed by atoms with E-state index in [1.165, 1.54) is 0 Å². The number of carbonyl (C=O) groups excluding carboxylic acids is 1. The summed E-state index contributed by atoms with van der Waals surface area (Å²) in [6, 6.07) is 9.76. The van der Waals surface area contributed by atoms with Crippen molar-refractivity contribution in [1.29, 1.82) is 0 Å². The second-order valence-corrected chi connectivity index (χ2v) is 5.92. The average Bonchev–Trinajstić information content (AvgIpc) is 2.64. The summed E-state index contributed by atoms with van der Waals surface area (Å²) in [5.41, 5.74) is 3.37. The second-order valence-electron chi connectivity index (χ2n) is 5.92. The number of unbranched alkanes of at least 4 members (excludes halogenated alkanes) is 1. The zero-order valence-corrected chi connectivity index (χ0v) is 15.4. The molecule has 1 aromatic carbocycles. The molecule has 5 nitrogen and oxygen atoms in total. The van der Waals surface area contributed by atoms with Gasteiger partial charge in [-0.3, -0.25) is 9.78 Å². The lowest BCUT2D eigenvalue weighted by atomic mass is 10.2. The highest BCUT2D eigenvalue weighted by Crippen LogP contribution is 2.18. The Morgan fingerprint density at radius 3 is 2.40 bits per heavy atom. The number of aromatic nitrogens is 1. The summed E-state index contributed by atoms with van der Waals surface area (Å²) in [6.45, 7) is 9.23. The molecule has 0 bridgehead atoms. The number of nitrogens with one attached hydrogen (secondary N) is 2. The van der Waals surface area contributed by atoms with Gasteiger partial charge in [0, 0.05) is 43.4 Å². The molecule has 2 aromatic rings. The summed E-state index contributed by atoms with van der Waals surface area (Å²) in [7, 11) is 0. The van der Waals surface area contributed by atoms with E-state index in [9.17, 15) is 4.79 Å². The Morgan fingerprint density at radius 2 is 1.76 bits per heavy atom. The number of nitrogens with zero attached hydrogens (tertiary/aromatic N) is 2. The maximum absolute atomic E-state index is 12.4. The van der Waals surface area contributed by atoms with Gasteiger partial charge < -0.3 is 15.5 Å². The molecule has 0 saturated carbocycles. The fourth-order valence-corrected chi connectivity index (χ4v) is 2.62. The van der Waals surface area contributed by atoms with Gasteiger partial charge in [-0.05, 0) is 50.6 Å². The van der Waals surface area contributed by atoms with E-state index in [2.05, 4.69) is 41.3 Å². The summed E-state index contributed by atoms with van der Waals surface area (Å²) in [6.07, 6.45) is 5.55. The van der Waals surface area contributed by atoms with Gasteiger partial charge in [0.15, 0.2) is 0 Å². The molecule has 0 atom stereocenters. The molecule has 0 radical (unpaired) electrons. The number of pyridine rings is 1. The summed E-state index contributed by atoms with van der Waals surface area (Å²) >= 11 is 0. The number of hydrogen-bond donors (Lipinski definition) is 2. The zero-order chi connectivity index (χ0) is 18.1. The lowest BCUT2D eigenvalue weighted by Gasteiger charge is -2.21. The third-order valence-corrected chi connectivity index (χ3v) is 4.11. The van der Waals surface area contributed by atoms with Gasteiger partial charge in [0.1, 0.15) is 0 Å². The molecule has 0 spiro atoms. The number of hydrogen-bond acceptors (Lipinski definition) is 4. The summed E-state index contributed by atoms with van der Waals surface area (Å²) in [5.74, 6) is -0.151. The van der Waals surface area contributed by atoms with Crippen molar-refractivity contribution in [3.8, 4) is 0 Å². The van der Waals surface area contributed by atoms with Crippen LogP contribution in [0.3, 0.4) is 0 Å². The second kappa shape index (κ2) is 9.67. The zero-order valence-electron chi connectivity index (χ0n) is 15.4. The van der Waals surface area contributed by atoms with Crippen molar-refractivity contribution in [3.05, 3.63) is 48.3 Å². The van der Waals surface area contributed by atoms with Crippen LogP contribution >= 0.6 is 0 Å². The lowest BCUT2D eigenvalue weighted by molar-refractivity contribution is 0.102. The summed E-state index contributed by atoms with van der Waals surface area (Å²) < 4.78 is 0. The number of amides is 1. The maximum Gasteiger partial charge on any atom is 0.257 e. The fourth-order valence-electron chi connectivity index (χ4n) is 2.62. The molecule has 1 amide bonds. The molecule has 2 N–H and O–H groups in total. The van der Waals surface area contributed by atoms with E-state index in [-0.39, 0.29) is 5.91 Å². The van der Waals surface area contributed by atoms with Crippen molar-refractivity contribution in [3.63, 3.8) is 0 Å². The number of anilines is 3. The van der Waals surface area contributed by atoms with E-state index in [4.69, 9.17) is 0 Å². The van der Waals surface area contributed by atoms with Crippen LogP contribution in [-0.2, 0) is 0 Å². The topological polar surface area (TPSA) is 57.3 Å². The Balaban J connectivity index is 2.00. The molecule has 0 aliphatic rings. The van der Waals surface area contributed by atoms with Gasteiger partial charge in [0.05, 0.1) is 11.3 Å². The van der Waals surface area contributed by atoms with Crippen LogP contribution in [0.5, 0.6) is 0 Å². The molecule has 5 heteroatoms. The lowest BCUT2D eigenvalue weighted by Crippen LogP contribution is -2.21. The maximum atomic E-state index is 12.4. The van der Waals surface area contributed by atoms with Crippen LogP contribution in [0, 0.1) is 0 Å². The van der Waals surface area contributed by atoms with Crippen molar-refractivity contribution < 1.29 is 4.79 Å². The van der Waals surface area contributed by atoms with Crippen molar-refractivity contribution in [2.45, 2.75) is 33.6 Å². The minimum atomic E-state index is -0.151. The Kier molecular flexibility index (Phi) is 7.26. The van der Waals surface area contributed by atoms with Crippen molar-refractivity contribution >= 4 is 23.0 Å². The predicted octanol–water partition coefficient (Wildman–Crippen LogP) is 4.39. The molecule has 0 aliphatic heterocycles. The van der Waals surface area contributed by atoms with Gasteiger partial charge in [-0.15, -0.1) is 0 Å². The Bertz CT molecular complexity index is 666. The number of carbonyl (C=O) groups is 1. The monoisotopic (exact) mass is 340 g/mol. The standard InChI is InChI=1S/C20H28N4O/c1-4-7-12-22-18-13-16(14-21-15-18)20(25)23-17-8-10-19(11-9-17)24(5-2)6-3/h8-11,13-15,22H,4-7,12H2,1-3H3,(H,23,25). The Labute approximate surface area is 150 Å². The molecule has 0 aliphatic carbocycles. The Hall–Kier alpha value is -2.56. The van der Waals surface area contributed by atoms with Gasteiger partial charge in [0.2, 0.25) is 0 Å². The van der Waals surface area contributed by atoms with E-state index in [0.29, 0.717) is 5.56 Å². The molecule has 1 aromatic heterocycles. The molecule has 0 saturated heterocycles. The van der Waals surface area contributed by atoms with Crippen LogP contribution in [0.1, 0.15) is 44.0 Å². The third kappa shape index (κ3) is 5.48. The van der Waals surface area contributed by atoms with Crippen LogP contribution in [0.2, 0.25) is 0 Å². The van der Waals surface area contributed by atoms with Crippen LogP contribution < -0.4 is 15.5 Å². The van der Waals surface area contributed by atoms with Crippen molar-refractivity contribution in [2.75, 3.05) is 35.2 Å².